The van der Waals surface area contributed by atoms with E-state index in [1.54, 1.807) is 0 Å². The van der Waals surface area contributed by atoms with Crippen LogP contribution in [0.2, 0.25) is 0 Å². The number of benzene rings is 1. The minimum Gasteiger partial charge on any atom is -0.489 e. The molecule has 24 heavy (non-hydrogen) atoms. The summed E-state index contributed by atoms with van der Waals surface area (Å²) in [6, 6.07) is 8.65. The molecule has 2 fully saturated rings. The molecule has 0 aromatic heterocycles. The first kappa shape index (κ1) is 15.7. The van der Waals surface area contributed by atoms with Crippen molar-refractivity contribution < 1.29 is 9.53 Å². The summed E-state index contributed by atoms with van der Waals surface area (Å²) >= 11 is 0. The van der Waals surface area contributed by atoms with E-state index in [1.165, 1.54) is 11.1 Å². The molecule has 2 heterocycles. The van der Waals surface area contributed by atoms with Crippen LogP contribution in [-0.2, 0) is 4.79 Å². The van der Waals surface area contributed by atoms with Crippen molar-refractivity contribution in [2.24, 2.45) is 11.8 Å². The molecule has 4 heteroatoms. The van der Waals surface area contributed by atoms with Gasteiger partial charge in [-0.25, -0.2) is 0 Å². The highest BCUT2D eigenvalue weighted by molar-refractivity contribution is 5.81. The Labute approximate surface area is 143 Å². The molecule has 1 aromatic rings. The third-order valence-electron chi connectivity index (χ3n) is 5.43. The number of carbonyl (C=O) groups excluding carboxylic acids is 1. The summed E-state index contributed by atoms with van der Waals surface area (Å²) in [4.78, 5) is 14.3. The molecule has 0 radical (unpaired) electrons. The van der Waals surface area contributed by atoms with Crippen molar-refractivity contribution in [1.29, 1.82) is 0 Å². The van der Waals surface area contributed by atoms with E-state index in [2.05, 4.69) is 29.3 Å². The number of amides is 1. The van der Waals surface area contributed by atoms with Gasteiger partial charge in [-0.2, -0.15) is 0 Å². The molecule has 0 bridgehead atoms. The Hall–Kier alpha value is -1.81. The van der Waals surface area contributed by atoms with Crippen LogP contribution in [0, 0.1) is 11.8 Å². The monoisotopic (exact) mass is 326 g/mol. The first-order valence-corrected chi connectivity index (χ1v) is 9.14. The second kappa shape index (κ2) is 6.60. The molecule has 1 aromatic carbocycles. The zero-order chi connectivity index (χ0) is 16.5. The quantitative estimate of drug-likeness (QED) is 0.925. The lowest BCUT2D eigenvalue weighted by Crippen LogP contribution is -2.51. The summed E-state index contributed by atoms with van der Waals surface area (Å²) in [5.74, 6) is 2.20. The minimum atomic E-state index is 0.339. The summed E-state index contributed by atoms with van der Waals surface area (Å²) in [6.45, 7) is 5.57. The van der Waals surface area contributed by atoms with Gasteiger partial charge < -0.3 is 15.0 Å². The van der Waals surface area contributed by atoms with Crippen LogP contribution in [0.25, 0.3) is 6.08 Å². The van der Waals surface area contributed by atoms with E-state index in [0.717, 1.165) is 44.6 Å². The normalized spacial score (nSPS) is 26.4. The van der Waals surface area contributed by atoms with Gasteiger partial charge in [-0.15, -0.1) is 0 Å². The van der Waals surface area contributed by atoms with Crippen LogP contribution in [0.4, 0.5) is 0 Å². The predicted octanol–water partition coefficient (Wildman–Crippen LogP) is 2.70. The summed E-state index contributed by atoms with van der Waals surface area (Å²) in [6.07, 6.45) is 5.48. The second-order valence-corrected chi connectivity index (χ2v) is 7.44. The van der Waals surface area contributed by atoms with Gasteiger partial charge in [-0.05, 0) is 42.9 Å². The van der Waals surface area contributed by atoms with Gasteiger partial charge in [-0.1, -0.05) is 25.1 Å². The number of fused-ring (bicyclic) bond motifs is 1. The van der Waals surface area contributed by atoms with Gasteiger partial charge in [0.15, 0.2) is 0 Å². The van der Waals surface area contributed by atoms with Crippen molar-refractivity contribution in [3.8, 4) is 5.75 Å². The highest BCUT2D eigenvalue weighted by Crippen LogP contribution is 2.32. The summed E-state index contributed by atoms with van der Waals surface area (Å²) < 4.78 is 5.82. The largest absolute Gasteiger partial charge is 0.489 e. The van der Waals surface area contributed by atoms with Crippen molar-refractivity contribution in [2.75, 3.05) is 26.2 Å². The maximum atomic E-state index is 12.2. The van der Waals surface area contributed by atoms with Crippen LogP contribution in [0.15, 0.2) is 29.8 Å². The highest BCUT2D eigenvalue weighted by Gasteiger charge is 2.36. The van der Waals surface area contributed by atoms with Crippen molar-refractivity contribution in [3.63, 3.8) is 0 Å². The number of nitrogens with zero attached hydrogens (tertiary/aromatic N) is 1. The third-order valence-corrected chi connectivity index (χ3v) is 5.43. The van der Waals surface area contributed by atoms with Crippen molar-refractivity contribution in [3.05, 3.63) is 35.4 Å². The molecule has 1 aliphatic carbocycles. The molecule has 4 nitrogen and oxygen atoms in total. The molecule has 1 saturated heterocycles. The summed E-state index contributed by atoms with van der Waals surface area (Å²) in [5.41, 5.74) is 2.45. The molecule has 128 valence electrons. The summed E-state index contributed by atoms with van der Waals surface area (Å²) in [7, 11) is 0. The Kier molecular flexibility index (Phi) is 4.31. The number of rotatable bonds is 4. The molecule has 0 unspecified atom stereocenters. The fourth-order valence-corrected chi connectivity index (χ4v) is 3.76. The molecule has 4 rings (SSSR count). The highest BCUT2D eigenvalue weighted by atomic mass is 16.5. The van der Waals surface area contributed by atoms with Gasteiger partial charge >= 0.3 is 0 Å². The first-order chi connectivity index (χ1) is 11.7. The Balaban J connectivity index is 1.31. The van der Waals surface area contributed by atoms with Gasteiger partial charge in [0.05, 0.1) is 0 Å². The van der Waals surface area contributed by atoms with Gasteiger partial charge in [-0.3, -0.25) is 4.79 Å². The second-order valence-electron chi connectivity index (χ2n) is 7.44. The fraction of sp³-hybridized carbons (Fsp3) is 0.550. The number of hydrogen-bond donors (Lipinski definition) is 1. The van der Waals surface area contributed by atoms with Gasteiger partial charge in [0.2, 0.25) is 5.91 Å². The molecular formula is C20H26N2O2. The average molecular weight is 326 g/mol. The minimum absolute atomic E-state index is 0.339. The number of carbonyl (C=O) groups is 1. The SMILES string of the molecule is C[C@H]1CN(C(=O)C2CC2)CC[C@@H]1NCC1=Cc2ccccc2OC1. The Morgan fingerprint density at radius 1 is 1.29 bits per heavy atom. The lowest BCUT2D eigenvalue weighted by molar-refractivity contribution is -0.134. The van der Waals surface area contributed by atoms with Crippen LogP contribution >= 0.6 is 0 Å². The van der Waals surface area contributed by atoms with Gasteiger partial charge in [0.1, 0.15) is 12.4 Å². The third kappa shape index (κ3) is 3.34. The summed E-state index contributed by atoms with van der Waals surface area (Å²) in [5, 5.41) is 3.69. The molecule has 3 aliphatic rings. The maximum absolute atomic E-state index is 12.2. The number of piperidine rings is 1. The Morgan fingerprint density at radius 2 is 2.12 bits per heavy atom. The van der Waals surface area contributed by atoms with E-state index < -0.39 is 0 Å². The topological polar surface area (TPSA) is 41.6 Å². The number of likely N-dealkylation sites (tertiary alicyclic amines) is 1. The zero-order valence-electron chi connectivity index (χ0n) is 14.3. The van der Waals surface area contributed by atoms with E-state index in [-0.39, 0.29) is 0 Å². The van der Waals surface area contributed by atoms with Gasteiger partial charge in [0.25, 0.3) is 0 Å². The molecule has 0 spiro atoms. The predicted molar refractivity (Wildman–Crippen MR) is 94.8 cm³/mol. The molecular weight excluding hydrogens is 300 g/mol. The average Bonchev–Trinajstić information content (AvgIpc) is 3.45. The zero-order valence-corrected chi connectivity index (χ0v) is 14.3. The number of nitrogens with one attached hydrogen (secondary N) is 1. The van der Waals surface area contributed by atoms with Crippen LogP contribution in [0.5, 0.6) is 5.75 Å². The van der Waals surface area contributed by atoms with E-state index in [1.807, 2.05) is 18.2 Å². The standard InChI is InChI=1S/C20H26N2O2/c1-14-12-22(20(23)16-6-7-16)9-8-18(14)21-11-15-10-17-4-2-3-5-19(17)24-13-15/h2-5,10,14,16,18,21H,6-9,11-13H2,1H3/t14-,18-/m0/s1. The number of para-hydroxylation sites is 1. The van der Waals surface area contributed by atoms with Crippen molar-refractivity contribution in [2.45, 2.75) is 32.2 Å². The number of hydrogen-bond acceptors (Lipinski definition) is 3. The maximum Gasteiger partial charge on any atom is 0.225 e. The molecule has 1 N–H and O–H groups in total. The fourth-order valence-electron chi connectivity index (χ4n) is 3.76. The smallest absolute Gasteiger partial charge is 0.225 e. The van der Waals surface area contributed by atoms with Crippen LogP contribution < -0.4 is 10.1 Å². The lowest BCUT2D eigenvalue weighted by Gasteiger charge is -2.38. The van der Waals surface area contributed by atoms with Crippen LogP contribution in [-0.4, -0.2) is 43.1 Å². The number of ether oxygens (including phenoxy) is 1. The van der Waals surface area contributed by atoms with E-state index >= 15 is 0 Å². The first-order valence-electron chi connectivity index (χ1n) is 9.14. The molecule has 1 amide bonds. The van der Waals surface area contributed by atoms with Crippen molar-refractivity contribution >= 4 is 12.0 Å². The Morgan fingerprint density at radius 3 is 2.92 bits per heavy atom. The lowest BCUT2D eigenvalue weighted by atomic mass is 9.93. The molecule has 1 saturated carbocycles. The van der Waals surface area contributed by atoms with Gasteiger partial charge in [0, 0.05) is 37.2 Å². The van der Waals surface area contributed by atoms with E-state index in [4.69, 9.17) is 4.74 Å². The van der Waals surface area contributed by atoms with E-state index in [0.29, 0.717) is 30.4 Å². The Bertz CT molecular complexity index is 651. The van der Waals surface area contributed by atoms with E-state index in [9.17, 15) is 4.79 Å². The molecule has 2 atom stereocenters. The van der Waals surface area contributed by atoms with Crippen molar-refractivity contribution in [1.82, 2.24) is 10.2 Å². The van der Waals surface area contributed by atoms with Crippen LogP contribution in [0.3, 0.4) is 0 Å². The molecule has 2 aliphatic heterocycles. The van der Waals surface area contributed by atoms with Crippen LogP contribution in [0.1, 0.15) is 31.7 Å².